The predicted octanol–water partition coefficient (Wildman–Crippen LogP) is 3.91. The molecule has 0 fully saturated rings. The summed E-state index contributed by atoms with van der Waals surface area (Å²) in [6, 6.07) is 11.2. The molecule has 2 aromatic rings. The third-order valence-corrected chi connectivity index (χ3v) is 6.94. The SMILES string of the molecule is CN=C(NCc1ccccc1S(=O)(=O)NC(C)(C)C)NCC(C)c1cccs1.I. The summed E-state index contributed by atoms with van der Waals surface area (Å²) in [6.45, 7) is 8.73. The van der Waals surface area contributed by atoms with Crippen LogP contribution in [0, 0.1) is 0 Å². The number of halogens is 1. The Morgan fingerprint density at radius 2 is 1.83 bits per heavy atom. The van der Waals surface area contributed by atoms with Crippen molar-refractivity contribution < 1.29 is 8.42 Å². The number of aliphatic imine (C=N–C) groups is 1. The highest BCUT2D eigenvalue weighted by Gasteiger charge is 2.24. The van der Waals surface area contributed by atoms with E-state index in [2.05, 4.69) is 38.7 Å². The zero-order valence-corrected chi connectivity index (χ0v) is 21.5. The molecule has 1 aromatic heterocycles. The summed E-state index contributed by atoms with van der Waals surface area (Å²) in [5, 5.41) is 8.59. The van der Waals surface area contributed by atoms with Crippen molar-refractivity contribution in [2.45, 2.75) is 50.6 Å². The molecule has 6 nitrogen and oxygen atoms in total. The van der Waals surface area contributed by atoms with E-state index in [1.807, 2.05) is 39.0 Å². The first-order chi connectivity index (χ1) is 13.1. The lowest BCUT2D eigenvalue weighted by Crippen LogP contribution is -2.41. The lowest BCUT2D eigenvalue weighted by Gasteiger charge is -2.22. The smallest absolute Gasteiger partial charge is 0.241 e. The van der Waals surface area contributed by atoms with Gasteiger partial charge in [-0.3, -0.25) is 4.99 Å². The number of hydrogen-bond donors (Lipinski definition) is 3. The maximum absolute atomic E-state index is 12.7. The molecule has 9 heteroatoms. The van der Waals surface area contributed by atoms with Crippen molar-refractivity contribution in [3.8, 4) is 0 Å². The fourth-order valence-corrected chi connectivity index (χ4v) is 5.14. The molecule has 0 radical (unpaired) electrons. The van der Waals surface area contributed by atoms with Crippen LogP contribution < -0.4 is 15.4 Å². The van der Waals surface area contributed by atoms with Gasteiger partial charge in [0, 0.05) is 36.5 Å². The highest BCUT2D eigenvalue weighted by atomic mass is 127. The number of nitrogens with zero attached hydrogens (tertiary/aromatic N) is 1. The van der Waals surface area contributed by atoms with Crippen molar-refractivity contribution in [3.05, 3.63) is 52.2 Å². The van der Waals surface area contributed by atoms with Crippen molar-refractivity contribution in [1.82, 2.24) is 15.4 Å². The molecule has 0 aliphatic rings. The molecule has 29 heavy (non-hydrogen) atoms. The first-order valence-electron chi connectivity index (χ1n) is 9.22. The normalized spacial score (nSPS) is 13.5. The summed E-state index contributed by atoms with van der Waals surface area (Å²) < 4.78 is 28.2. The second kappa shape index (κ2) is 11.3. The summed E-state index contributed by atoms with van der Waals surface area (Å²) in [6.07, 6.45) is 0. The van der Waals surface area contributed by atoms with Crippen LogP contribution in [0.5, 0.6) is 0 Å². The molecule has 1 atom stereocenters. The van der Waals surface area contributed by atoms with Crippen LogP contribution >= 0.6 is 35.3 Å². The van der Waals surface area contributed by atoms with Crippen LogP contribution in [0.3, 0.4) is 0 Å². The Morgan fingerprint density at radius 3 is 2.41 bits per heavy atom. The predicted molar refractivity (Wildman–Crippen MR) is 133 cm³/mol. The molecular formula is C20H31IN4O2S2. The largest absolute Gasteiger partial charge is 0.356 e. The van der Waals surface area contributed by atoms with Gasteiger partial charge in [-0.05, 0) is 43.8 Å². The van der Waals surface area contributed by atoms with Gasteiger partial charge in [-0.15, -0.1) is 35.3 Å². The van der Waals surface area contributed by atoms with E-state index >= 15 is 0 Å². The number of sulfonamides is 1. The van der Waals surface area contributed by atoms with E-state index in [0.29, 0.717) is 24.0 Å². The van der Waals surface area contributed by atoms with Gasteiger partial charge in [-0.25, -0.2) is 13.1 Å². The van der Waals surface area contributed by atoms with E-state index in [4.69, 9.17) is 0 Å². The number of hydrogen-bond acceptors (Lipinski definition) is 4. The molecule has 1 aromatic carbocycles. The fraction of sp³-hybridized carbons (Fsp3) is 0.450. The van der Waals surface area contributed by atoms with Gasteiger partial charge in [0.1, 0.15) is 0 Å². The number of benzene rings is 1. The third kappa shape index (κ3) is 8.23. The number of guanidine groups is 1. The summed E-state index contributed by atoms with van der Waals surface area (Å²) in [7, 11) is -1.90. The van der Waals surface area contributed by atoms with Gasteiger partial charge < -0.3 is 10.6 Å². The van der Waals surface area contributed by atoms with Crippen molar-refractivity contribution in [1.29, 1.82) is 0 Å². The summed E-state index contributed by atoms with van der Waals surface area (Å²) in [5.41, 5.74) is 0.142. The van der Waals surface area contributed by atoms with E-state index in [-0.39, 0.29) is 28.9 Å². The Bertz CT molecular complexity index is 891. The van der Waals surface area contributed by atoms with E-state index in [1.165, 1.54) is 4.88 Å². The van der Waals surface area contributed by atoms with Crippen LogP contribution in [0.15, 0.2) is 51.7 Å². The molecular weight excluding hydrogens is 519 g/mol. The molecule has 0 aliphatic heterocycles. The quantitative estimate of drug-likeness (QED) is 0.278. The molecule has 0 saturated carbocycles. The first kappa shape index (κ1) is 25.9. The maximum atomic E-state index is 12.7. The molecule has 0 spiro atoms. The lowest BCUT2D eigenvalue weighted by molar-refractivity contribution is 0.491. The molecule has 0 bridgehead atoms. The number of nitrogens with one attached hydrogen (secondary N) is 3. The number of thiophene rings is 1. The van der Waals surface area contributed by atoms with E-state index in [9.17, 15) is 8.42 Å². The molecule has 1 unspecified atom stereocenters. The van der Waals surface area contributed by atoms with E-state index in [0.717, 1.165) is 6.54 Å². The summed E-state index contributed by atoms with van der Waals surface area (Å²) in [4.78, 5) is 5.83. The Kier molecular flexibility index (Phi) is 10.1. The molecule has 0 aliphatic carbocycles. The fourth-order valence-electron chi connectivity index (χ4n) is 2.69. The third-order valence-electron chi connectivity index (χ3n) is 3.98. The monoisotopic (exact) mass is 550 g/mol. The summed E-state index contributed by atoms with van der Waals surface area (Å²) in [5.74, 6) is 1.00. The second-order valence-electron chi connectivity index (χ2n) is 7.69. The highest BCUT2D eigenvalue weighted by Crippen LogP contribution is 2.20. The minimum atomic E-state index is -3.61. The standard InChI is InChI=1S/C20H30N4O2S2.HI/c1-15(17-10-8-12-27-17)13-22-19(21-5)23-14-16-9-6-7-11-18(16)28(25,26)24-20(2,3)4;/h6-12,15,24H,13-14H2,1-5H3,(H2,21,22,23);1H. The molecule has 3 N–H and O–H groups in total. The Morgan fingerprint density at radius 1 is 1.14 bits per heavy atom. The summed E-state index contributed by atoms with van der Waals surface area (Å²) >= 11 is 1.74. The number of rotatable bonds is 7. The zero-order valence-electron chi connectivity index (χ0n) is 17.5. The van der Waals surface area contributed by atoms with Gasteiger partial charge in [0.2, 0.25) is 10.0 Å². The van der Waals surface area contributed by atoms with Crippen molar-refractivity contribution in [2.24, 2.45) is 4.99 Å². The van der Waals surface area contributed by atoms with Crippen molar-refractivity contribution in [2.75, 3.05) is 13.6 Å². The van der Waals surface area contributed by atoms with Crippen molar-refractivity contribution in [3.63, 3.8) is 0 Å². The zero-order chi connectivity index (χ0) is 20.8. The molecule has 0 saturated heterocycles. The van der Waals surface area contributed by atoms with Crippen LogP contribution in [-0.2, 0) is 16.6 Å². The minimum Gasteiger partial charge on any atom is -0.356 e. The average Bonchev–Trinajstić information content (AvgIpc) is 3.14. The van der Waals surface area contributed by atoms with Gasteiger partial charge in [-0.1, -0.05) is 31.2 Å². The van der Waals surface area contributed by atoms with Crippen LogP contribution in [0.4, 0.5) is 0 Å². The molecule has 0 amide bonds. The Balaban J connectivity index is 0.00000420. The average molecular weight is 551 g/mol. The molecule has 2 rings (SSSR count). The van der Waals surface area contributed by atoms with Crippen LogP contribution in [0.1, 0.15) is 44.1 Å². The first-order valence-corrected chi connectivity index (χ1v) is 11.6. The lowest BCUT2D eigenvalue weighted by atomic mass is 10.1. The van der Waals surface area contributed by atoms with Gasteiger partial charge in [0.05, 0.1) is 4.90 Å². The van der Waals surface area contributed by atoms with Gasteiger partial charge >= 0.3 is 0 Å². The Labute approximate surface area is 195 Å². The van der Waals surface area contributed by atoms with Gasteiger partial charge in [-0.2, -0.15) is 0 Å². The topological polar surface area (TPSA) is 82.6 Å². The maximum Gasteiger partial charge on any atom is 0.241 e. The van der Waals surface area contributed by atoms with Crippen LogP contribution in [-0.4, -0.2) is 33.5 Å². The van der Waals surface area contributed by atoms with Gasteiger partial charge in [0.15, 0.2) is 5.96 Å². The highest BCUT2D eigenvalue weighted by molar-refractivity contribution is 14.0. The minimum absolute atomic E-state index is 0. The molecule has 1 heterocycles. The molecule has 162 valence electrons. The van der Waals surface area contributed by atoms with Crippen LogP contribution in [0.25, 0.3) is 0 Å². The van der Waals surface area contributed by atoms with E-state index < -0.39 is 15.6 Å². The van der Waals surface area contributed by atoms with Gasteiger partial charge in [0.25, 0.3) is 0 Å². The van der Waals surface area contributed by atoms with E-state index in [1.54, 1.807) is 30.5 Å². The second-order valence-corrected chi connectivity index (χ2v) is 10.3. The van der Waals surface area contributed by atoms with Crippen LogP contribution in [0.2, 0.25) is 0 Å². The Hall–Kier alpha value is -1.17. The van der Waals surface area contributed by atoms with Crippen molar-refractivity contribution >= 4 is 51.3 Å².